The Hall–Kier alpha value is -0.130. The Balaban J connectivity index is 2.07. The van der Waals surface area contributed by atoms with E-state index in [0.717, 1.165) is 12.8 Å². The maximum absolute atomic E-state index is 11.5. The molecule has 1 saturated heterocycles. The van der Waals surface area contributed by atoms with Gasteiger partial charge >= 0.3 is 0 Å². The van der Waals surface area contributed by atoms with Gasteiger partial charge in [-0.3, -0.25) is 4.90 Å². The van der Waals surface area contributed by atoms with Crippen molar-refractivity contribution in [3.05, 3.63) is 0 Å². The molecule has 0 radical (unpaired) electrons. The Labute approximate surface area is 104 Å². The van der Waals surface area contributed by atoms with Crippen LogP contribution in [0.15, 0.2) is 0 Å². The summed E-state index contributed by atoms with van der Waals surface area (Å²) in [4.78, 5) is 2.36. The van der Waals surface area contributed by atoms with E-state index in [1.54, 1.807) is 0 Å². The summed E-state index contributed by atoms with van der Waals surface area (Å²) in [6.07, 6.45) is 7.36. The zero-order chi connectivity index (χ0) is 12.4. The Morgan fingerprint density at radius 3 is 2.00 bits per heavy atom. The van der Waals surface area contributed by atoms with Crippen LogP contribution >= 0.6 is 0 Å². The second-order valence-electron chi connectivity index (χ2n) is 5.48. The molecule has 2 aliphatic rings. The fourth-order valence-corrected chi connectivity index (χ4v) is 4.42. The highest BCUT2D eigenvalue weighted by molar-refractivity contribution is 7.91. The van der Waals surface area contributed by atoms with Gasteiger partial charge in [-0.05, 0) is 12.8 Å². The molecule has 0 unspecified atom stereocenters. The van der Waals surface area contributed by atoms with Crippen LogP contribution in [0.1, 0.15) is 38.5 Å². The van der Waals surface area contributed by atoms with Crippen molar-refractivity contribution < 1.29 is 8.42 Å². The van der Waals surface area contributed by atoms with Gasteiger partial charge in [0, 0.05) is 25.2 Å². The molecule has 0 spiro atoms. The van der Waals surface area contributed by atoms with Crippen molar-refractivity contribution in [2.75, 3.05) is 31.1 Å². The molecule has 2 fully saturated rings. The standard InChI is InChI=1S/C12H24N2O2S/c13-11-12(5-3-1-2-4-6-12)14-7-9-17(15,16)10-8-14/h1-11,13H2. The van der Waals surface area contributed by atoms with Gasteiger partial charge in [-0.15, -0.1) is 0 Å². The molecule has 0 bridgehead atoms. The molecular formula is C12H24N2O2S. The smallest absolute Gasteiger partial charge is 0.152 e. The molecule has 17 heavy (non-hydrogen) atoms. The van der Waals surface area contributed by atoms with E-state index in [2.05, 4.69) is 4.90 Å². The first-order valence-electron chi connectivity index (χ1n) is 6.74. The Morgan fingerprint density at radius 1 is 1.00 bits per heavy atom. The van der Waals surface area contributed by atoms with Crippen LogP contribution in [-0.4, -0.2) is 50.0 Å². The summed E-state index contributed by atoms with van der Waals surface area (Å²) in [7, 11) is -2.78. The van der Waals surface area contributed by atoms with E-state index in [9.17, 15) is 8.42 Å². The SMILES string of the molecule is NCC1(N2CCS(=O)(=O)CC2)CCCCCC1. The van der Waals surface area contributed by atoms with Gasteiger partial charge in [0.2, 0.25) is 0 Å². The summed E-state index contributed by atoms with van der Waals surface area (Å²) in [6.45, 7) is 2.03. The molecule has 0 aromatic heterocycles. The van der Waals surface area contributed by atoms with Crippen LogP contribution in [0.3, 0.4) is 0 Å². The lowest BCUT2D eigenvalue weighted by Crippen LogP contribution is -2.58. The predicted molar refractivity (Wildman–Crippen MR) is 69.7 cm³/mol. The molecule has 1 aliphatic heterocycles. The maximum atomic E-state index is 11.5. The van der Waals surface area contributed by atoms with Crippen molar-refractivity contribution >= 4 is 9.84 Å². The van der Waals surface area contributed by atoms with E-state index in [4.69, 9.17) is 5.73 Å². The van der Waals surface area contributed by atoms with Crippen molar-refractivity contribution in [3.63, 3.8) is 0 Å². The molecule has 0 amide bonds. The molecule has 0 aromatic rings. The van der Waals surface area contributed by atoms with Crippen LogP contribution in [-0.2, 0) is 9.84 Å². The van der Waals surface area contributed by atoms with Crippen LogP contribution in [0.2, 0.25) is 0 Å². The van der Waals surface area contributed by atoms with Crippen LogP contribution in [0, 0.1) is 0 Å². The topological polar surface area (TPSA) is 63.4 Å². The fraction of sp³-hybridized carbons (Fsp3) is 1.00. The third-order valence-electron chi connectivity index (χ3n) is 4.43. The largest absolute Gasteiger partial charge is 0.329 e. The Kier molecular flexibility index (Phi) is 4.10. The van der Waals surface area contributed by atoms with E-state index in [-0.39, 0.29) is 5.54 Å². The Bertz CT molecular complexity index is 332. The van der Waals surface area contributed by atoms with Gasteiger partial charge in [-0.25, -0.2) is 8.42 Å². The minimum atomic E-state index is -2.78. The molecule has 4 nitrogen and oxygen atoms in total. The van der Waals surface area contributed by atoms with Crippen LogP contribution < -0.4 is 5.73 Å². The molecule has 1 heterocycles. The summed E-state index contributed by atoms with van der Waals surface area (Å²) in [5.41, 5.74) is 6.10. The number of rotatable bonds is 2. The number of nitrogens with two attached hydrogens (primary N) is 1. The zero-order valence-corrected chi connectivity index (χ0v) is 11.3. The normalized spacial score (nSPS) is 29.7. The highest BCUT2D eigenvalue weighted by atomic mass is 32.2. The van der Waals surface area contributed by atoms with Crippen LogP contribution in [0.25, 0.3) is 0 Å². The van der Waals surface area contributed by atoms with E-state index >= 15 is 0 Å². The van der Waals surface area contributed by atoms with Crippen molar-refractivity contribution in [3.8, 4) is 0 Å². The molecule has 1 aliphatic carbocycles. The molecule has 5 heteroatoms. The summed E-state index contributed by atoms with van der Waals surface area (Å²) < 4.78 is 23.0. The number of hydrogen-bond acceptors (Lipinski definition) is 4. The summed E-state index contributed by atoms with van der Waals surface area (Å²) >= 11 is 0. The minimum Gasteiger partial charge on any atom is -0.329 e. The third-order valence-corrected chi connectivity index (χ3v) is 6.04. The van der Waals surface area contributed by atoms with E-state index < -0.39 is 9.84 Å². The quantitative estimate of drug-likeness (QED) is 0.745. The molecule has 1 saturated carbocycles. The molecular weight excluding hydrogens is 236 g/mol. The fourth-order valence-electron chi connectivity index (χ4n) is 3.22. The van der Waals surface area contributed by atoms with Gasteiger partial charge in [-0.1, -0.05) is 25.7 Å². The van der Waals surface area contributed by atoms with Crippen molar-refractivity contribution in [1.82, 2.24) is 4.90 Å². The summed E-state index contributed by atoms with van der Waals surface area (Å²) in [5.74, 6) is 0.628. The lowest BCUT2D eigenvalue weighted by molar-refractivity contribution is 0.0874. The van der Waals surface area contributed by atoms with E-state index in [1.807, 2.05) is 0 Å². The van der Waals surface area contributed by atoms with Crippen molar-refractivity contribution in [2.24, 2.45) is 5.73 Å². The molecule has 0 atom stereocenters. The van der Waals surface area contributed by atoms with E-state index in [1.165, 1.54) is 25.7 Å². The summed E-state index contributed by atoms with van der Waals surface area (Å²) in [6, 6.07) is 0. The lowest BCUT2D eigenvalue weighted by Gasteiger charge is -2.45. The highest BCUT2D eigenvalue weighted by Gasteiger charge is 2.38. The second kappa shape index (κ2) is 5.24. The first-order chi connectivity index (χ1) is 8.08. The number of hydrogen-bond donors (Lipinski definition) is 1. The maximum Gasteiger partial charge on any atom is 0.152 e. The number of nitrogens with zero attached hydrogens (tertiary/aromatic N) is 1. The van der Waals surface area contributed by atoms with Crippen molar-refractivity contribution in [1.29, 1.82) is 0 Å². The van der Waals surface area contributed by atoms with E-state index in [0.29, 0.717) is 31.1 Å². The average Bonchev–Trinajstić information content (AvgIpc) is 2.55. The molecule has 0 aromatic carbocycles. The zero-order valence-electron chi connectivity index (χ0n) is 10.5. The van der Waals surface area contributed by atoms with Crippen LogP contribution in [0.5, 0.6) is 0 Å². The minimum absolute atomic E-state index is 0.0897. The predicted octanol–water partition coefficient (Wildman–Crippen LogP) is 0.768. The highest BCUT2D eigenvalue weighted by Crippen LogP contribution is 2.32. The molecule has 2 rings (SSSR count). The number of sulfone groups is 1. The first kappa shape index (κ1) is 13.3. The second-order valence-corrected chi connectivity index (χ2v) is 7.79. The third kappa shape index (κ3) is 3.01. The lowest BCUT2D eigenvalue weighted by atomic mass is 9.88. The van der Waals surface area contributed by atoms with Gasteiger partial charge in [0.1, 0.15) is 0 Å². The van der Waals surface area contributed by atoms with Crippen LogP contribution in [0.4, 0.5) is 0 Å². The molecule has 100 valence electrons. The Morgan fingerprint density at radius 2 is 1.53 bits per heavy atom. The van der Waals surface area contributed by atoms with Gasteiger partial charge in [0.15, 0.2) is 9.84 Å². The van der Waals surface area contributed by atoms with Gasteiger partial charge in [0.05, 0.1) is 11.5 Å². The van der Waals surface area contributed by atoms with Crippen molar-refractivity contribution in [2.45, 2.75) is 44.1 Å². The van der Waals surface area contributed by atoms with Gasteiger partial charge < -0.3 is 5.73 Å². The van der Waals surface area contributed by atoms with Gasteiger partial charge in [0.25, 0.3) is 0 Å². The van der Waals surface area contributed by atoms with Gasteiger partial charge in [-0.2, -0.15) is 0 Å². The first-order valence-corrected chi connectivity index (χ1v) is 8.56. The molecule has 2 N–H and O–H groups in total. The average molecular weight is 260 g/mol. The summed E-state index contributed by atoms with van der Waals surface area (Å²) in [5, 5.41) is 0. The monoisotopic (exact) mass is 260 g/mol.